The molecule has 0 amide bonds. The highest BCUT2D eigenvalue weighted by Gasteiger charge is 2.24. The second-order valence-electron chi connectivity index (χ2n) is 5.26. The Kier molecular flexibility index (Phi) is 12.5. The van der Waals surface area contributed by atoms with Crippen LogP contribution in [0.4, 0.5) is 0 Å². The molecule has 0 heterocycles. The highest BCUT2D eigenvalue weighted by atomic mass is 32.5. The molecule has 0 aromatic rings. The van der Waals surface area contributed by atoms with Crippen molar-refractivity contribution in [2.24, 2.45) is 0 Å². The monoisotopic (exact) mass is 334 g/mol. The van der Waals surface area contributed by atoms with Crippen LogP contribution in [0.15, 0.2) is 25.3 Å². The highest BCUT2D eigenvalue weighted by Crippen LogP contribution is 2.48. The molecule has 0 fully saturated rings. The van der Waals surface area contributed by atoms with Gasteiger partial charge in [-0.2, -0.15) is 0 Å². The Morgan fingerprint density at radius 3 is 1.67 bits per heavy atom. The molecule has 124 valence electrons. The van der Waals surface area contributed by atoms with Crippen LogP contribution in [-0.4, -0.2) is 17.1 Å². The number of hydrogen-bond acceptors (Lipinski definition) is 3. The van der Waals surface area contributed by atoms with Crippen molar-refractivity contribution >= 4 is 18.5 Å². The van der Waals surface area contributed by atoms with Gasteiger partial charge >= 0.3 is 6.72 Å². The SMILES string of the molecule is C=CCC(CCCC)OP(O)(=S)OC(CC=C)CCCC. The lowest BCUT2D eigenvalue weighted by Gasteiger charge is -2.26. The van der Waals surface area contributed by atoms with E-state index in [1.54, 1.807) is 12.2 Å². The first-order valence-electron chi connectivity index (χ1n) is 7.90. The molecule has 0 aliphatic rings. The summed E-state index contributed by atoms with van der Waals surface area (Å²) in [6.45, 7) is 8.51. The molecule has 0 aliphatic carbocycles. The number of hydrogen-bond donors (Lipinski definition) is 1. The van der Waals surface area contributed by atoms with E-state index in [1.165, 1.54) is 0 Å². The van der Waals surface area contributed by atoms with Gasteiger partial charge in [-0.15, -0.1) is 13.2 Å². The van der Waals surface area contributed by atoms with Crippen LogP contribution in [-0.2, 0) is 20.9 Å². The van der Waals surface area contributed by atoms with E-state index in [9.17, 15) is 4.89 Å². The summed E-state index contributed by atoms with van der Waals surface area (Å²) in [4.78, 5) is 10.3. The summed E-state index contributed by atoms with van der Waals surface area (Å²) in [6.07, 6.45) is 10.7. The molecule has 0 aliphatic heterocycles. The van der Waals surface area contributed by atoms with Gasteiger partial charge in [-0.25, -0.2) is 0 Å². The molecule has 3 nitrogen and oxygen atoms in total. The summed E-state index contributed by atoms with van der Waals surface area (Å²) in [7, 11) is 0. The Morgan fingerprint density at radius 2 is 1.38 bits per heavy atom. The van der Waals surface area contributed by atoms with Gasteiger partial charge in [0.05, 0.1) is 12.2 Å². The van der Waals surface area contributed by atoms with E-state index in [0.29, 0.717) is 12.8 Å². The third-order valence-corrected chi connectivity index (χ3v) is 4.83. The van der Waals surface area contributed by atoms with Crippen LogP contribution in [0.2, 0.25) is 0 Å². The first-order valence-corrected chi connectivity index (χ1v) is 10.5. The van der Waals surface area contributed by atoms with Gasteiger partial charge in [-0.05, 0) is 37.5 Å². The van der Waals surface area contributed by atoms with Gasteiger partial charge in [0, 0.05) is 0 Å². The maximum Gasteiger partial charge on any atom is 0.325 e. The fraction of sp³-hybridized carbons (Fsp3) is 0.750. The minimum Gasteiger partial charge on any atom is -0.324 e. The molecule has 0 spiro atoms. The van der Waals surface area contributed by atoms with E-state index in [1.807, 2.05) is 0 Å². The predicted molar refractivity (Wildman–Crippen MR) is 94.9 cm³/mol. The standard InChI is InChI=1S/C16H31O3PS/c1-5-9-13-15(11-7-3)18-20(17,21)19-16(12-8-4)14-10-6-2/h7-8,15-16H,3-6,9-14H2,1-2H3,(H,17,21). The average Bonchev–Trinajstić information content (AvgIpc) is 2.42. The van der Waals surface area contributed by atoms with E-state index < -0.39 is 6.72 Å². The fourth-order valence-corrected chi connectivity index (χ4v) is 3.98. The number of unbranched alkanes of at least 4 members (excludes halogenated alkanes) is 2. The van der Waals surface area contributed by atoms with E-state index in [4.69, 9.17) is 20.9 Å². The van der Waals surface area contributed by atoms with Crippen LogP contribution in [0.3, 0.4) is 0 Å². The van der Waals surface area contributed by atoms with Crippen molar-refractivity contribution < 1.29 is 13.9 Å². The van der Waals surface area contributed by atoms with Gasteiger partial charge in [-0.3, -0.25) is 0 Å². The Morgan fingerprint density at radius 1 is 1.00 bits per heavy atom. The largest absolute Gasteiger partial charge is 0.325 e. The van der Waals surface area contributed by atoms with Crippen LogP contribution in [0, 0.1) is 0 Å². The van der Waals surface area contributed by atoms with Crippen LogP contribution < -0.4 is 0 Å². The lowest BCUT2D eigenvalue weighted by atomic mass is 10.1. The normalized spacial score (nSPS) is 16.9. The summed E-state index contributed by atoms with van der Waals surface area (Å²) in [5.41, 5.74) is 0. The summed E-state index contributed by atoms with van der Waals surface area (Å²) >= 11 is 5.18. The molecule has 0 rings (SSSR count). The maximum atomic E-state index is 10.3. The van der Waals surface area contributed by atoms with E-state index >= 15 is 0 Å². The van der Waals surface area contributed by atoms with Gasteiger partial charge in [0.2, 0.25) is 0 Å². The second kappa shape index (κ2) is 12.5. The van der Waals surface area contributed by atoms with Crippen molar-refractivity contribution in [3.8, 4) is 0 Å². The minimum absolute atomic E-state index is 0.103. The van der Waals surface area contributed by atoms with Crippen molar-refractivity contribution in [3.63, 3.8) is 0 Å². The predicted octanol–water partition coefficient (Wildman–Crippen LogP) is 5.51. The van der Waals surface area contributed by atoms with Crippen molar-refractivity contribution in [1.29, 1.82) is 0 Å². The molecular weight excluding hydrogens is 303 g/mol. The summed E-state index contributed by atoms with van der Waals surface area (Å²) in [5.74, 6) is 0. The quantitative estimate of drug-likeness (QED) is 0.336. The molecule has 0 radical (unpaired) electrons. The third-order valence-electron chi connectivity index (χ3n) is 3.18. The maximum absolute atomic E-state index is 10.3. The Bertz CT molecular complexity index is 305. The summed E-state index contributed by atoms with van der Waals surface area (Å²) < 4.78 is 11.4. The van der Waals surface area contributed by atoms with Crippen LogP contribution in [0.1, 0.15) is 65.2 Å². The zero-order valence-electron chi connectivity index (χ0n) is 13.5. The average molecular weight is 334 g/mol. The fourth-order valence-electron chi connectivity index (χ4n) is 2.06. The van der Waals surface area contributed by atoms with E-state index in [-0.39, 0.29) is 12.2 Å². The van der Waals surface area contributed by atoms with Gasteiger partial charge in [0.25, 0.3) is 0 Å². The molecule has 1 N–H and O–H groups in total. The Labute approximate surface area is 135 Å². The second-order valence-corrected chi connectivity index (χ2v) is 8.00. The van der Waals surface area contributed by atoms with Gasteiger partial charge in [0.15, 0.2) is 0 Å². The molecule has 21 heavy (non-hydrogen) atoms. The molecule has 0 saturated carbocycles. The molecule has 0 bridgehead atoms. The molecule has 0 aromatic heterocycles. The molecule has 0 saturated heterocycles. The Balaban J connectivity index is 4.54. The number of rotatable bonds is 14. The smallest absolute Gasteiger partial charge is 0.324 e. The highest BCUT2D eigenvalue weighted by molar-refractivity contribution is 8.07. The first kappa shape index (κ1) is 21.0. The lowest BCUT2D eigenvalue weighted by Crippen LogP contribution is -2.16. The van der Waals surface area contributed by atoms with Gasteiger partial charge in [0.1, 0.15) is 0 Å². The molecule has 0 aromatic carbocycles. The van der Waals surface area contributed by atoms with Crippen LogP contribution >= 0.6 is 6.72 Å². The minimum atomic E-state index is -3.21. The van der Waals surface area contributed by atoms with Gasteiger partial charge < -0.3 is 13.9 Å². The van der Waals surface area contributed by atoms with Crippen molar-refractivity contribution in [3.05, 3.63) is 25.3 Å². The van der Waals surface area contributed by atoms with Gasteiger partial charge in [-0.1, -0.05) is 51.7 Å². The molecular formula is C16H31O3PS. The first-order chi connectivity index (χ1) is 9.99. The molecule has 2 atom stereocenters. The molecule has 2 unspecified atom stereocenters. The van der Waals surface area contributed by atoms with Crippen molar-refractivity contribution in [1.82, 2.24) is 0 Å². The Hall–Kier alpha value is 0.0100. The van der Waals surface area contributed by atoms with Crippen molar-refractivity contribution in [2.45, 2.75) is 77.4 Å². The third kappa shape index (κ3) is 11.3. The lowest BCUT2D eigenvalue weighted by molar-refractivity contribution is 0.0993. The topological polar surface area (TPSA) is 38.7 Å². The van der Waals surface area contributed by atoms with Crippen LogP contribution in [0.25, 0.3) is 0 Å². The summed E-state index contributed by atoms with van der Waals surface area (Å²) in [6, 6.07) is 0. The van der Waals surface area contributed by atoms with Crippen molar-refractivity contribution in [2.75, 3.05) is 0 Å². The van der Waals surface area contributed by atoms with E-state index in [0.717, 1.165) is 38.5 Å². The van der Waals surface area contributed by atoms with Crippen LogP contribution in [0.5, 0.6) is 0 Å². The van der Waals surface area contributed by atoms with E-state index in [2.05, 4.69) is 27.0 Å². The summed E-state index contributed by atoms with van der Waals surface area (Å²) in [5, 5.41) is 0. The zero-order valence-corrected chi connectivity index (χ0v) is 15.2. The zero-order chi connectivity index (χ0) is 16.1. The molecule has 5 heteroatoms.